The maximum absolute atomic E-state index is 13.8. The summed E-state index contributed by atoms with van der Waals surface area (Å²) in [5, 5.41) is 4.39. The Hall–Kier alpha value is -1.35. The van der Waals surface area contributed by atoms with E-state index >= 15 is 0 Å². The summed E-state index contributed by atoms with van der Waals surface area (Å²) >= 11 is 0. The van der Waals surface area contributed by atoms with Gasteiger partial charge in [0.2, 0.25) is 0 Å². The van der Waals surface area contributed by atoms with Gasteiger partial charge in [0.1, 0.15) is 5.76 Å². The molecule has 2 aromatic rings. The van der Waals surface area contributed by atoms with Gasteiger partial charge in [-0.3, -0.25) is 0 Å². The van der Waals surface area contributed by atoms with E-state index in [1.54, 1.807) is 6.07 Å². The summed E-state index contributed by atoms with van der Waals surface area (Å²) in [5.74, 6) is 1.07. The normalized spacial score (nSPS) is 13.2. The van der Waals surface area contributed by atoms with Crippen molar-refractivity contribution >= 4 is 11.0 Å². The summed E-state index contributed by atoms with van der Waals surface area (Å²) in [6, 6.07) is 7.21. The van der Waals surface area contributed by atoms with Crippen LogP contribution < -0.4 is 5.32 Å². The lowest BCUT2D eigenvalue weighted by atomic mass is 9.92. The van der Waals surface area contributed by atoms with Gasteiger partial charge in [-0.05, 0) is 31.0 Å². The van der Waals surface area contributed by atoms with E-state index in [0.29, 0.717) is 11.5 Å². The van der Waals surface area contributed by atoms with E-state index in [9.17, 15) is 4.39 Å². The van der Waals surface area contributed by atoms with Crippen LogP contribution >= 0.6 is 0 Å². The molecular formula is C17H24FNO. The minimum Gasteiger partial charge on any atom is -0.456 e. The summed E-state index contributed by atoms with van der Waals surface area (Å²) < 4.78 is 19.6. The van der Waals surface area contributed by atoms with Crippen molar-refractivity contribution in [2.24, 2.45) is 5.92 Å². The third kappa shape index (κ3) is 3.04. The number of furan rings is 1. The van der Waals surface area contributed by atoms with Crippen molar-refractivity contribution < 1.29 is 8.81 Å². The predicted octanol–water partition coefficient (Wildman–Crippen LogP) is 5.05. The molecule has 0 aliphatic carbocycles. The van der Waals surface area contributed by atoms with Crippen LogP contribution in [0.3, 0.4) is 0 Å². The second-order valence-corrected chi connectivity index (χ2v) is 5.32. The van der Waals surface area contributed by atoms with Crippen LogP contribution in [0.4, 0.5) is 4.39 Å². The lowest BCUT2D eigenvalue weighted by Gasteiger charge is -2.24. The lowest BCUT2D eigenvalue weighted by Crippen LogP contribution is -2.28. The molecule has 1 aromatic carbocycles. The van der Waals surface area contributed by atoms with Gasteiger partial charge in [0.15, 0.2) is 11.4 Å². The number of para-hydroxylation sites is 1. The molecule has 0 aliphatic rings. The van der Waals surface area contributed by atoms with E-state index in [-0.39, 0.29) is 11.9 Å². The summed E-state index contributed by atoms with van der Waals surface area (Å²) in [6.45, 7) is 7.48. The van der Waals surface area contributed by atoms with Crippen LogP contribution in [0.25, 0.3) is 11.0 Å². The summed E-state index contributed by atoms with van der Waals surface area (Å²) in [6.07, 6.45) is 3.24. The van der Waals surface area contributed by atoms with Crippen LogP contribution in [0.1, 0.15) is 51.8 Å². The van der Waals surface area contributed by atoms with Crippen molar-refractivity contribution in [3.05, 3.63) is 35.8 Å². The number of halogens is 1. The average Bonchev–Trinajstić information content (AvgIpc) is 2.88. The molecule has 1 atom stereocenters. The van der Waals surface area contributed by atoms with Gasteiger partial charge >= 0.3 is 0 Å². The predicted molar refractivity (Wildman–Crippen MR) is 81.3 cm³/mol. The molecule has 0 aliphatic heterocycles. The maximum Gasteiger partial charge on any atom is 0.169 e. The molecule has 1 aromatic heterocycles. The van der Waals surface area contributed by atoms with Crippen molar-refractivity contribution in [1.82, 2.24) is 5.32 Å². The Balaban J connectivity index is 2.36. The zero-order valence-corrected chi connectivity index (χ0v) is 12.6. The van der Waals surface area contributed by atoms with Crippen molar-refractivity contribution in [2.75, 3.05) is 6.54 Å². The number of rotatable bonds is 7. The molecule has 0 saturated carbocycles. The highest BCUT2D eigenvalue weighted by atomic mass is 19.1. The summed E-state index contributed by atoms with van der Waals surface area (Å²) in [5.41, 5.74) is 0.372. The molecule has 0 fully saturated rings. The minimum absolute atomic E-state index is 0.164. The zero-order chi connectivity index (χ0) is 14.5. The molecule has 3 heteroatoms. The fraction of sp³-hybridized carbons (Fsp3) is 0.529. The molecule has 0 radical (unpaired) electrons. The Morgan fingerprint density at radius 3 is 2.55 bits per heavy atom. The van der Waals surface area contributed by atoms with Crippen molar-refractivity contribution in [3.8, 4) is 0 Å². The van der Waals surface area contributed by atoms with E-state index in [2.05, 4.69) is 26.1 Å². The second-order valence-electron chi connectivity index (χ2n) is 5.32. The first-order valence-electron chi connectivity index (χ1n) is 7.62. The molecule has 1 unspecified atom stereocenters. The zero-order valence-electron chi connectivity index (χ0n) is 12.6. The summed E-state index contributed by atoms with van der Waals surface area (Å²) in [4.78, 5) is 0. The van der Waals surface area contributed by atoms with Gasteiger partial charge < -0.3 is 9.73 Å². The molecule has 0 saturated heterocycles. The Bertz CT molecular complexity index is 545. The third-order valence-corrected chi connectivity index (χ3v) is 3.96. The number of benzene rings is 1. The quantitative estimate of drug-likeness (QED) is 0.766. The molecule has 20 heavy (non-hydrogen) atoms. The molecule has 0 amide bonds. The molecule has 0 spiro atoms. The summed E-state index contributed by atoms with van der Waals surface area (Å²) in [7, 11) is 0. The van der Waals surface area contributed by atoms with Gasteiger partial charge in [0, 0.05) is 5.39 Å². The lowest BCUT2D eigenvalue weighted by molar-refractivity contribution is 0.299. The van der Waals surface area contributed by atoms with E-state index in [1.165, 1.54) is 6.07 Å². The number of fused-ring (bicyclic) bond motifs is 1. The SMILES string of the molecule is CCCNC(c1cc2cccc(F)c2o1)C(CC)CC. The molecule has 0 bridgehead atoms. The largest absolute Gasteiger partial charge is 0.456 e. The monoisotopic (exact) mass is 277 g/mol. The van der Waals surface area contributed by atoms with Crippen LogP contribution in [0.5, 0.6) is 0 Å². The van der Waals surface area contributed by atoms with Crippen molar-refractivity contribution in [1.29, 1.82) is 0 Å². The molecule has 1 N–H and O–H groups in total. The topological polar surface area (TPSA) is 25.2 Å². The number of hydrogen-bond donors (Lipinski definition) is 1. The first-order chi connectivity index (χ1) is 9.71. The standard InChI is InChI=1S/C17H24FNO/c1-4-10-19-16(12(5-2)6-3)15-11-13-8-7-9-14(18)17(13)20-15/h7-9,11-12,16,19H,4-6,10H2,1-3H3. The first-order valence-corrected chi connectivity index (χ1v) is 7.62. The minimum atomic E-state index is -0.285. The third-order valence-electron chi connectivity index (χ3n) is 3.96. The maximum atomic E-state index is 13.8. The van der Waals surface area contributed by atoms with Crippen LogP contribution in [0, 0.1) is 11.7 Å². The molecule has 2 rings (SSSR count). The van der Waals surface area contributed by atoms with Gasteiger partial charge in [-0.15, -0.1) is 0 Å². The van der Waals surface area contributed by atoms with E-state index in [4.69, 9.17) is 4.42 Å². The fourth-order valence-electron chi connectivity index (χ4n) is 2.76. The number of nitrogens with one attached hydrogen (secondary N) is 1. The Morgan fingerprint density at radius 2 is 1.95 bits per heavy atom. The first kappa shape index (κ1) is 15.0. The molecular weight excluding hydrogens is 253 g/mol. The van der Waals surface area contributed by atoms with E-state index in [0.717, 1.165) is 37.0 Å². The highest BCUT2D eigenvalue weighted by molar-refractivity contribution is 5.78. The van der Waals surface area contributed by atoms with Gasteiger partial charge in [0.25, 0.3) is 0 Å². The van der Waals surface area contributed by atoms with Crippen molar-refractivity contribution in [3.63, 3.8) is 0 Å². The van der Waals surface area contributed by atoms with Crippen LogP contribution in [-0.2, 0) is 0 Å². The molecule has 110 valence electrons. The van der Waals surface area contributed by atoms with Gasteiger partial charge in [-0.25, -0.2) is 4.39 Å². The van der Waals surface area contributed by atoms with Crippen LogP contribution in [0.2, 0.25) is 0 Å². The average molecular weight is 277 g/mol. The van der Waals surface area contributed by atoms with Gasteiger partial charge in [-0.2, -0.15) is 0 Å². The highest BCUT2D eigenvalue weighted by Crippen LogP contribution is 2.32. The van der Waals surface area contributed by atoms with Gasteiger partial charge in [0.05, 0.1) is 6.04 Å². The Morgan fingerprint density at radius 1 is 1.20 bits per heavy atom. The highest BCUT2D eigenvalue weighted by Gasteiger charge is 2.23. The second kappa shape index (κ2) is 6.89. The number of hydrogen-bond acceptors (Lipinski definition) is 2. The van der Waals surface area contributed by atoms with Gasteiger partial charge in [-0.1, -0.05) is 45.7 Å². The Kier molecular flexibility index (Phi) is 5.18. The fourth-order valence-corrected chi connectivity index (χ4v) is 2.76. The molecule has 1 heterocycles. The molecule has 2 nitrogen and oxygen atoms in total. The van der Waals surface area contributed by atoms with Crippen LogP contribution in [0.15, 0.2) is 28.7 Å². The smallest absolute Gasteiger partial charge is 0.169 e. The van der Waals surface area contributed by atoms with E-state index < -0.39 is 0 Å². The van der Waals surface area contributed by atoms with E-state index in [1.807, 2.05) is 12.1 Å². The van der Waals surface area contributed by atoms with Crippen LogP contribution in [-0.4, -0.2) is 6.54 Å². The Labute approximate surface area is 120 Å². The van der Waals surface area contributed by atoms with Crippen molar-refractivity contribution in [2.45, 2.75) is 46.1 Å².